The van der Waals surface area contributed by atoms with E-state index >= 15 is 0 Å². The van der Waals surface area contributed by atoms with Crippen LogP contribution < -0.4 is 10.1 Å². The van der Waals surface area contributed by atoms with Gasteiger partial charge < -0.3 is 10.1 Å². The van der Waals surface area contributed by atoms with E-state index in [0.717, 1.165) is 22.4 Å². The van der Waals surface area contributed by atoms with E-state index in [2.05, 4.69) is 20.6 Å². The maximum Gasteiger partial charge on any atom is 0.236 e. The van der Waals surface area contributed by atoms with E-state index in [1.165, 1.54) is 0 Å². The largest absolute Gasteiger partial charge is 0.457 e. The van der Waals surface area contributed by atoms with Crippen LogP contribution in [0.4, 0.5) is 5.69 Å². The summed E-state index contributed by atoms with van der Waals surface area (Å²) in [7, 11) is 0. The van der Waals surface area contributed by atoms with Gasteiger partial charge in [0.25, 0.3) is 0 Å². The summed E-state index contributed by atoms with van der Waals surface area (Å²) < 4.78 is 7.63. The highest BCUT2D eigenvalue weighted by molar-refractivity contribution is 6.00. The minimum absolute atomic E-state index is 0.118. The van der Waals surface area contributed by atoms with Gasteiger partial charge in [0, 0.05) is 22.4 Å². The van der Waals surface area contributed by atoms with Crippen molar-refractivity contribution in [2.24, 2.45) is 0 Å². The Morgan fingerprint density at radius 3 is 2.41 bits per heavy atom. The van der Waals surface area contributed by atoms with Crippen LogP contribution in [0, 0.1) is 0 Å². The topological polar surface area (TPSA) is 81.4 Å². The van der Waals surface area contributed by atoms with Gasteiger partial charge in [-0.2, -0.15) is 9.61 Å². The van der Waals surface area contributed by atoms with E-state index in [1.807, 2.05) is 84.9 Å². The first-order valence-corrected chi connectivity index (χ1v) is 10.2. The minimum Gasteiger partial charge on any atom is -0.457 e. The van der Waals surface area contributed by atoms with Crippen LogP contribution in [-0.2, 0) is 4.79 Å². The highest BCUT2D eigenvalue weighted by Gasteiger charge is 2.32. The van der Waals surface area contributed by atoms with Crippen LogP contribution in [0.25, 0.3) is 16.9 Å². The Hall–Kier alpha value is -4.52. The lowest BCUT2D eigenvalue weighted by molar-refractivity contribution is -0.116. The number of aromatic nitrogens is 4. The number of para-hydroxylation sites is 2. The molecule has 6 rings (SSSR count). The van der Waals surface area contributed by atoms with Gasteiger partial charge in [0.2, 0.25) is 5.91 Å². The van der Waals surface area contributed by atoms with Crippen molar-refractivity contribution in [1.82, 2.24) is 19.8 Å². The molecule has 7 nitrogen and oxygen atoms in total. The second kappa shape index (κ2) is 7.31. The molecule has 0 spiro atoms. The molecule has 0 atom stereocenters. The van der Waals surface area contributed by atoms with Crippen molar-refractivity contribution in [2.45, 2.75) is 5.92 Å². The van der Waals surface area contributed by atoms with Gasteiger partial charge in [-0.1, -0.05) is 48.5 Å². The van der Waals surface area contributed by atoms with Crippen LogP contribution in [0.2, 0.25) is 0 Å². The summed E-state index contributed by atoms with van der Waals surface area (Å²) >= 11 is 0. The van der Waals surface area contributed by atoms with Gasteiger partial charge in [-0.05, 0) is 36.4 Å². The monoisotopic (exact) mass is 419 g/mol. The minimum atomic E-state index is -0.466. The number of hydrogen-bond acceptors (Lipinski definition) is 5. The van der Waals surface area contributed by atoms with Gasteiger partial charge in [0.1, 0.15) is 17.8 Å². The molecule has 0 saturated carbocycles. The first-order chi connectivity index (χ1) is 15.8. The van der Waals surface area contributed by atoms with E-state index < -0.39 is 5.92 Å². The number of nitrogens with one attached hydrogen (secondary N) is 1. The number of amides is 1. The number of rotatable bonds is 3. The van der Waals surface area contributed by atoms with E-state index in [-0.39, 0.29) is 5.91 Å². The molecule has 1 N–H and O–H groups in total. The molecule has 0 bridgehead atoms. The molecule has 1 aliphatic rings. The van der Waals surface area contributed by atoms with Crippen LogP contribution in [-0.4, -0.2) is 25.7 Å². The number of hydrogen-bond donors (Lipinski definition) is 1. The molecule has 5 aromatic rings. The number of benzene rings is 3. The lowest BCUT2D eigenvalue weighted by atomic mass is 9.87. The molecule has 3 aromatic carbocycles. The SMILES string of the molecule is O=C(Nc1cccc(-c2ccc3nncn3n2)c1)C1c2ccccc2Oc2ccccc21. The van der Waals surface area contributed by atoms with Crippen molar-refractivity contribution in [2.75, 3.05) is 5.32 Å². The molecular weight excluding hydrogens is 402 g/mol. The maximum atomic E-state index is 13.5. The van der Waals surface area contributed by atoms with Gasteiger partial charge in [-0.15, -0.1) is 10.2 Å². The summed E-state index contributed by atoms with van der Waals surface area (Å²) in [6, 6.07) is 26.7. The molecule has 0 radical (unpaired) electrons. The zero-order valence-corrected chi connectivity index (χ0v) is 16.8. The van der Waals surface area contributed by atoms with Crippen molar-refractivity contribution in [1.29, 1.82) is 0 Å². The first-order valence-electron chi connectivity index (χ1n) is 10.2. The fourth-order valence-electron chi connectivity index (χ4n) is 4.05. The smallest absolute Gasteiger partial charge is 0.236 e. The number of ether oxygens (including phenoxy) is 1. The van der Waals surface area contributed by atoms with Crippen molar-refractivity contribution in [3.8, 4) is 22.8 Å². The van der Waals surface area contributed by atoms with Gasteiger partial charge in [0.15, 0.2) is 5.65 Å². The van der Waals surface area contributed by atoms with Gasteiger partial charge in [0.05, 0.1) is 11.6 Å². The number of nitrogens with zero attached hydrogens (tertiary/aromatic N) is 4. The third-order valence-corrected chi connectivity index (χ3v) is 5.53. The van der Waals surface area contributed by atoms with Crippen molar-refractivity contribution < 1.29 is 9.53 Å². The second-order valence-corrected chi connectivity index (χ2v) is 7.53. The van der Waals surface area contributed by atoms with Crippen molar-refractivity contribution in [3.05, 3.63) is 102 Å². The summed E-state index contributed by atoms with van der Waals surface area (Å²) in [4.78, 5) is 13.5. The zero-order valence-electron chi connectivity index (χ0n) is 16.8. The molecule has 1 amide bonds. The molecule has 2 aromatic heterocycles. The number of anilines is 1. The predicted octanol–water partition coefficient (Wildman–Crippen LogP) is 4.67. The van der Waals surface area contributed by atoms with Gasteiger partial charge >= 0.3 is 0 Å². The molecule has 154 valence electrons. The van der Waals surface area contributed by atoms with Gasteiger partial charge in [-0.25, -0.2) is 0 Å². The number of carbonyl (C=O) groups is 1. The van der Waals surface area contributed by atoms with Crippen LogP contribution in [0.15, 0.2) is 91.3 Å². The van der Waals surface area contributed by atoms with Crippen LogP contribution in [0.1, 0.15) is 17.0 Å². The standard InChI is InChI=1S/C25H17N5O2/c31-25(24-18-8-1-3-10-21(18)32-22-11-4-2-9-19(22)24)27-17-7-5-6-16(14-17)20-12-13-23-28-26-15-30(23)29-20/h1-15,24H,(H,27,31). The highest BCUT2D eigenvalue weighted by atomic mass is 16.5. The predicted molar refractivity (Wildman–Crippen MR) is 120 cm³/mol. The maximum absolute atomic E-state index is 13.5. The summed E-state index contributed by atoms with van der Waals surface area (Å²) in [6.07, 6.45) is 1.56. The Bertz CT molecular complexity index is 1430. The van der Waals surface area contributed by atoms with E-state index in [4.69, 9.17) is 4.74 Å². The Morgan fingerprint density at radius 2 is 1.62 bits per heavy atom. The van der Waals surface area contributed by atoms with E-state index in [1.54, 1.807) is 10.8 Å². The molecule has 0 unspecified atom stereocenters. The van der Waals surface area contributed by atoms with E-state index in [9.17, 15) is 4.79 Å². The third-order valence-electron chi connectivity index (χ3n) is 5.53. The second-order valence-electron chi connectivity index (χ2n) is 7.53. The van der Waals surface area contributed by atoms with Gasteiger partial charge in [-0.3, -0.25) is 4.79 Å². The van der Waals surface area contributed by atoms with E-state index in [0.29, 0.717) is 22.8 Å². The molecule has 32 heavy (non-hydrogen) atoms. The summed E-state index contributed by atoms with van der Waals surface area (Å²) in [5, 5.41) is 15.5. The molecule has 1 aliphatic heterocycles. The lowest BCUT2D eigenvalue weighted by Gasteiger charge is -2.27. The molecule has 7 heteroatoms. The zero-order chi connectivity index (χ0) is 21.5. The normalized spacial score (nSPS) is 12.6. The molecule has 0 fully saturated rings. The molecular formula is C25H17N5O2. The Kier molecular flexibility index (Phi) is 4.18. The Labute approximate surface area is 183 Å². The van der Waals surface area contributed by atoms with Crippen molar-refractivity contribution >= 4 is 17.2 Å². The average Bonchev–Trinajstić information content (AvgIpc) is 3.30. The number of carbonyl (C=O) groups excluding carboxylic acids is 1. The first kappa shape index (κ1) is 18.3. The molecule has 0 saturated heterocycles. The van der Waals surface area contributed by atoms with Crippen LogP contribution in [0.5, 0.6) is 11.5 Å². The van der Waals surface area contributed by atoms with Crippen molar-refractivity contribution in [3.63, 3.8) is 0 Å². The molecule has 0 aliphatic carbocycles. The summed E-state index contributed by atoms with van der Waals surface area (Å²) in [5.41, 5.74) is 4.70. The van der Waals surface area contributed by atoms with Crippen LogP contribution in [0.3, 0.4) is 0 Å². The summed E-state index contributed by atoms with van der Waals surface area (Å²) in [6.45, 7) is 0. The summed E-state index contributed by atoms with van der Waals surface area (Å²) in [5.74, 6) is 0.817. The lowest BCUT2D eigenvalue weighted by Crippen LogP contribution is -2.25. The fourth-order valence-corrected chi connectivity index (χ4v) is 4.05. The fraction of sp³-hybridized carbons (Fsp3) is 0.0400. The Morgan fingerprint density at radius 1 is 0.875 bits per heavy atom. The average molecular weight is 419 g/mol. The highest BCUT2D eigenvalue weighted by Crippen LogP contribution is 2.44. The molecule has 3 heterocycles. The quantitative estimate of drug-likeness (QED) is 0.460. The van der Waals surface area contributed by atoms with Crippen LogP contribution >= 0.6 is 0 Å². The Balaban J connectivity index is 1.34. The third kappa shape index (κ3) is 3.07. The number of fused-ring (bicyclic) bond motifs is 3.